The topological polar surface area (TPSA) is 135 Å². The molecule has 0 saturated carbocycles. The summed E-state index contributed by atoms with van der Waals surface area (Å²) in [5.74, 6) is -2.63. The number of thiol groups is 1. The van der Waals surface area contributed by atoms with Gasteiger partial charge in [0.15, 0.2) is 10.2 Å². The summed E-state index contributed by atoms with van der Waals surface area (Å²) in [6.07, 6.45) is -9.91. The van der Waals surface area contributed by atoms with Gasteiger partial charge in [0.1, 0.15) is 24.2 Å². The minimum absolute atomic E-state index is 0.0101. The molecule has 37 heavy (non-hydrogen) atoms. The van der Waals surface area contributed by atoms with E-state index in [1.165, 1.54) is 27.7 Å². The molecule has 0 fully saturated rings. The summed E-state index contributed by atoms with van der Waals surface area (Å²) in [4.78, 5) is 42.6. The molecule has 0 aromatic carbocycles. The lowest BCUT2D eigenvalue weighted by molar-refractivity contribution is -0.192. The van der Waals surface area contributed by atoms with Gasteiger partial charge in [-0.2, -0.15) is 26.3 Å². The molecule has 0 aliphatic heterocycles. The number of hydrogen-bond donors (Lipinski definition) is 4. The number of carboxylic acids is 2. The van der Waals surface area contributed by atoms with E-state index in [0.717, 1.165) is 30.8 Å². The lowest BCUT2D eigenvalue weighted by Gasteiger charge is -2.32. The number of rotatable bonds is 11. The molecular formula is C20H34F6N2O7S2. The molecule has 2 unspecified atom stereocenters. The molecule has 0 aromatic heterocycles. The Morgan fingerprint density at radius 3 is 1.32 bits per heavy atom. The highest BCUT2D eigenvalue weighted by Crippen LogP contribution is 2.29. The van der Waals surface area contributed by atoms with Crippen LogP contribution >= 0.6 is 24.4 Å². The molecule has 0 bridgehead atoms. The van der Waals surface area contributed by atoms with Crippen LogP contribution in [-0.4, -0.2) is 110 Å². The Kier molecular flexibility index (Phi) is 20.1. The number of thioether (sulfide) groups is 1. The van der Waals surface area contributed by atoms with Gasteiger partial charge in [0.2, 0.25) is 0 Å². The van der Waals surface area contributed by atoms with Gasteiger partial charge in [-0.05, 0) is 40.8 Å². The third kappa shape index (κ3) is 19.2. The second-order valence-corrected chi connectivity index (χ2v) is 9.54. The summed E-state index contributed by atoms with van der Waals surface area (Å²) in [6.45, 7) is 4.39. The Labute approximate surface area is 221 Å². The molecule has 0 amide bonds. The van der Waals surface area contributed by atoms with E-state index in [9.17, 15) is 45.5 Å². The molecule has 3 N–H and O–H groups in total. The number of aliphatic hydroxyl groups is 1. The van der Waals surface area contributed by atoms with Gasteiger partial charge in [-0.25, -0.2) is 0 Å². The second-order valence-electron chi connectivity index (χ2n) is 7.63. The van der Waals surface area contributed by atoms with Crippen LogP contribution in [0.3, 0.4) is 0 Å². The molecule has 0 aliphatic rings. The van der Waals surface area contributed by atoms with E-state index < -0.39 is 61.5 Å². The number of aliphatic carboxylic acids is 2. The van der Waals surface area contributed by atoms with Gasteiger partial charge < -0.3 is 15.3 Å². The zero-order valence-electron chi connectivity index (χ0n) is 21.1. The molecule has 9 nitrogen and oxygen atoms in total. The van der Waals surface area contributed by atoms with Crippen molar-refractivity contribution in [2.24, 2.45) is 0 Å². The largest absolute Gasteiger partial charge is 0.480 e. The lowest BCUT2D eigenvalue weighted by Crippen LogP contribution is -2.50. The van der Waals surface area contributed by atoms with Gasteiger partial charge in [-0.15, -0.1) is 12.6 Å². The summed E-state index contributed by atoms with van der Waals surface area (Å²) in [5.41, 5.74) is 0. The number of alkyl halides is 6. The van der Waals surface area contributed by atoms with Crippen LogP contribution in [0.25, 0.3) is 0 Å². The van der Waals surface area contributed by atoms with E-state index in [1.54, 1.807) is 0 Å². The van der Waals surface area contributed by atoms with Crippen LogP contribution in [0, 0.1) is 0 Å². The lowest BCUT2D eigenvalue weighted by atomic mass is 10.1. The highest BCUT2D eigenvalue weighted by molar-refractivity contribution is 8.13. The minimum atomic E-state index is -4.54. The number of nitrogens with zero attached hydrogens (tertiary/aromatic N) is 2. The molecule has 0 aromatic rings. The molecule has 0 radical (unpaired) electrons. The Hall–Kier alpha value is -1.56. The van der Waals surface area contributed by atoms with Crippen molar-refractivity contribution >= 4 is 46.6 Å². The summed E-state index contributed by atoms with van der Waals surface area (Å²) in [7, 11) is 2.20. The Balaban J connectivity index is -0.000000551. The van der Waals surface area contributed by atoms with E-state index >= 15 is 0 Å². The van der Waals surface area contributed by atoms with Crippen LogP contribution in [0.2, 0.25) is 0 Å². The molecule has 0 spiro atoms. The standard InChI is InChI=1S/C10H16F3NO3S.C8H14F3NO3.C2H4OS/c1-6(9(16)17)14(3)8(10(11,12)13)4-5-18-7(2)15;1-5(7(14)15)12(2)6(3-4-13)8(9,10)11;1-2(3)4/h6,8H,4-5H2,1-3H3,(H,16,17);5-6,13H,3-4H2,1-2H3,(H,14,15);1H3,(H,3,4)/t6-,8?;5-,6?;/m00./s1. The number of carbonyl (C=O) groups excluding carboxylic acids is 2. The van der Waals surface area contributed by atoms with Crippen LogP contribution < -0.4 is 0 Å². The van der Waals surface area contributed by atoms with Gasteiger partial charge in [-0.1, -0.05) is 11.8 Å². The van der Waals surface area contributed by atoms with E-state index in [4.69, 9.17) is 15.3 Å². The van der Waals surface area contributed by atoms with Crippen molar-refractivity contribution in [1.29, 1.82) is 0 Å². The monoisotopic (exact) mass is 592 g/mol. The van der Waals surface area contributed by atoms with Crippen LogP contribution in [0.4, 0.5) is 26.3 Å². The third-order valence-electron chi connectivity index (χ3n) is 4.77. The zero-order valence-corrected chi connectivity index (χ0v) is 22.8. The predicted octanol–water partition coefficient (Wildman–Crippen LogP) is 3.16. The zero-order chi connectivity index (χ0) is 30.3. The van der Waals surface area contributed by atoms with Crippen molar-refractivity contribution in [2.75, 3.05) is 26.5 Å². The SMILES string of the molecule is CC(=O)S.CC(=O)SCCC(N(C)[C@@H](C)C(=O)O)C(F)(F)F.C[C@@H](C(=O)O)N(C)C(CCO)C(F)(F)F. The fraction of sp³-hybridized carbons (Fsp3) is 0.800. The first kappa shape index (κ1) is 39.9. The molecule has 0 saturated heterocycles. The Bertz CT molecular complexity index is 722. The van der Waals surface area contributed by atoms with Crippen molar-refractivity contribution in [3.05, 3.63) is 0 Å². The summed E-state index contributed by atoms with van der Waals surface area (Å²) >= 11 is 4.13. The Morgan fingerprint density at radius 1 is 0.811 bits per heavy atom. The fourth-order valence-corrected chi connectivity index (χ4v) is 3.15. The second kappa shape index (κ2) is 18.7. The average molecular weight is 593 g/mol. The summed E-state index contributed by atoms with van der Waals surface area (Å²) < 4.78 is 75.7. The van der Waals surface area contributed by atoms with Gasteiger partial charge >= 0.3 is 24.3 Å². The van der Waals surface area contributed by atoms with E-state index in [0.29, 0.717) is 4.90 Å². The van der Waals surface area contributed by atoms with Gasteiger partial charge in [-0.3, -0.25) is 29.0 Å². The van der Waals surface area contributed by atoms with Crippen molar-refractivity contribution in [2.45, 2.75) is 77.1 Å². The first-order valence-corrected chi connectivity index (χ1v) is 11.9. The van der Waals surface area contributed by atoms with Crippen molar-refractivity contribution < 1.29 is 60.8 Å². The fourth-order valence-electron chi connectivity index (χ4n) is 2.52. The normalized spacial score (nSPS) is 14.9. The molecular weight excluding hydrogens is 558 g/mol. The highest BCUT2D eigenvalue weighted by atomic mass is 32.2. The molecule has 220 valence electrons. The van der Waals surface area contributed by atoms with Crippen LogP contribution in [-0.2, 0) is 19.2 Å². The maximum absolute atomic E-state index is 12.8. The quantitative estimate of drug-likeness (QED) is 0.209. The molecule has 17 heteroatoms. The Morgan fingerprint density at radius 2 is 1.11 bits per heavy atom. The number of hydrogen-bond acceptors (Lipinski definition) is 8. The first-order chi connectivity index (χ1) is 16.5. The molecule has 0 heterocycles. The van der Waals surface area contributed by atoms with E-state index in [-0.39, 0.29) is 22.4 Å². The van der Waals surface area contributed by atoms with Gasteiger partial charge in [0.25, 0.3) is 0 Å². The number of carbonyl (C=O) groups is 4. The molecule has 0 rings (SSSR count). The van der Waals surface area contributed by atoms with Crippen molar-refractivity contribution in [1.82, 2.24) is 9.80 Å². The van der Waals surface area contributed by atoms with Crippen LogP contribution in [0.1, 0.15) is 40.5 Å². The highest BCUT2D eigenvalue weighted by Gasteiger charge is 2.45. The summed E-state index contributed by atoms with van der Waals surface area (Å²) in [6, 6.07) is -6.29. The number of halogens is 6. The smallest absolute Gasteiger partial charge is 0.404 e. The maximum atomic E-state index is 12.8. The third-order valence-corrected chi connectivity index (χ3v) is 5.62. The van der Waals surface area contributed by atoms with E-state index in [2.05, 4.69) is 12.6 Å². The maximum Gasteiger partial charge on any atom is 0.404 e. The van der Waals surface area contributed by atoms with Gasteiger partial charge in [0.05, 0.1) is 0 Å². The molecule has 4 atom stereocenters. The summed E-state index contributed by atoms with van der Waals surface area (Å²) in [5, 5.41) is 25.4. The van der Waals surface area contributed by atoms with Crippen molar-refractivity contribution in [3.63, 3.8) is 0 Å². The van der Waals surface area contributed by atoms with Crippen LogP contribution in [0.5, 0.6) is 0 Å². The first-order valence-electron chi connectivity index (χ1n) is 10.5. The van der Waals surface area contributed by atoms with Crippen LogP contribution in [0.15, 0.2) is 0 Å². The number of aliphatic hydroxyl groups excluding tert-OH is 1. The predicted molar refractivity (Wildman–Crippen MR) is 129 cm³/mol. The van der Waals surface area contributed by atoms with Crippen molar-refractivity contribution in [3.8, 4) is 0 Å². The number of likely N-dealkylation sites (N-methyl/N-ethyl adjacent to an activating group) is 2. The number of carboxylic acid groups (broad SMARTS) is 2. The minimum Gasteiger partial charge on any atom is -0.480 e. The molecule has 0 aliphatic carbocycles. The average Bonchev–Trinajstić information content (AvgIpc) is 2.71. The van der Waals surface area contributed by atoms with Gasteiger partial charge in [0, 0.05) is 26.2 Å². The van der Waals surface area contributed by atoms with E-state index in [1.807, 2.05) is 0 Å².